The van der Waals surface area contributed by atoms with E-state index in [1.165, 1.54) is 36.4 Å². The molecule has 2 fully saturated rings. The number of hydrogen-bond donors (Lipinski definition) is 2. The van der Waals surface area contributed by atoms with Gasteiger partial charge in [-0.15, -0.1) is 0 Å². The van der Waals surface area contributed by atoms with Crippen molar-refractivity contribution in [2.45, 2.75) is 81.9 Å². The first-order valence-corrected chi connectivity index (χ1v) is 16.3. The second-order valence-corrected chi connectivity index (χ2v) is 14.6. The van der Waals surface area contributed by atoms with Gasteiger partial charge in [0.15, 0.2) is 0 Å². The molecule has 1 aliphatic heterocycles. The predicted molar refractivity (Wildman–Crippen MR) is 161 cm³/mol. The number of hydrogen-bond acceptors (Lipinski definition) is 6. The van der Waals surface area contributed by atoms with E-state index in [4.69, 9.17) is 4.74 Å². The topological polar surface area (TPSA) is 99.2 Å². The first kappa shape index (κ1) is 31.5. The number of nitrogens with one attached hydrogen (secondary N) is 1. The largest absolute Gasteiger partial charge is 0.497 e. The van der Waals surface area contributed by atoms with E-state index in [0.29, 0.717) is 24.0 Å². The summed E-state index contributed by atoms with van der Waals surface area (Å²) in [5.74, 6) is 1.59. The van der Waals surface area contributed by atoms with E-state index in [0.717, 1.165) is 31.4 Å². The molecule has 4 atom stereocenters. The first-order valence-electron chi connectivity index (χ1n) is 14.9. The van der Waals surface area contributed by atoms with Crippen LogP contribution < -0.4 is 10.1 Å². The number of aliphatic hydroxyl groups excluding tert-OH is 1. The summed E-state index contributed by atoms with van der Waals surface area (Å²) in [5, 5.41) is 14.5. The Hall–Kier alpha value is -2.46. The monoisotopic (exact) mass is 585 g/mol. The van der Waals surface area contributed by atoms with Crippen molar-refractivity contribution in [1.29, 1.82) is 0 Å². The van der Waals surface area contributed by atoms with Crippen LogP contribution in [0.2, 0.25) is 0 Å². The fourth-order valence-electron chi connectivity index (χ4n) is 6.30. The molecule has 1 amide bonds. The number of likely N-dealkylation sites (tertiary alicyclic amines) is 1. The molecule has 2 aliphatic rings. The molecule has 0 aromatic heterocycles. The van der Waals surface area contributed by atoms with Crippen LogP contribution in [-0.4, -0.2) is 79.6 Å². The number of benzene rings is 2. The number of fused-ring (bicyclic) bond motifs is 1. The molecule has 0 spiro atoms. The van der Waals surface area contributed by atoms with Gasteiger partial charge < -0.3 is 15.2 Å². The van der Waals surface area contributed by atoms with Gasteiger partial charge in [0.25, 0.3) is 0 Å². The lowest BCUT2D eigenvalue weighted by molar-refractivity contribution is -0.132. The maximum Gasteiger partial charge on any atom is 0.243 e. The number of β-amino-alcohol motifs (C(OH)–C–C–N with tert-alkyl or cyclic N) is 1. The summed E-state index contributed by atoms with van der Waals surface area (Å²) in [6.07, 6.45) is 5.03. The van der Waals surface area contributed by atoms with Crippen molar-refractivity contribution in [3.05, 3.63) is 60.2 Å². The summed E-state index contributed by atoms with van der Waals surface area (Å²) in [4.78, 5) is 15.7. The lowest BCUT2D eigenvalue weighted by Crippen LogP contribution is -2.59. The van der Waals surface area contributed by atoms with Crippen LogP contribution in [0.1, 0.15) is 58.4 Å². The molecule has 1 heterocycles. The van der Waals surface area contributed by atoms with Gasteiger partial charge in [0, 0.05) is 31.7 Å². The van der Waals surface area contributed by atoms with E-state index in [2.05, 4.69) is 10.2 Å². The smallest absolute Gasteiger partial charge is 0.243 e. The van der Waals surface area contributed by atoms with Crippen LogP contribution in [0.15, 0.2) is 59.5 Å². The van der Waals surface area contributed by atoms with Crippen molar-refractivity contribution in [3.63, 3.8) is 0 Å². The van der Waals surface area contributed by atoms with E-state index in [1.54, 1.807) is 12.1 Å². The summed E-state index contributed by atoms with van der Waals surface area (Å²) in [6.45, 7) is 7.10. The van der Waals surface area contributed by atoms with E-state index in [9.17, 15) is 18.3 Å². The Morgan fingerprint density at radius 1 is 1.07 bits per heavy atom. The van der Waals surface area contributed by atoms with Gasteiger partial charge in [-0.1, -0.05) is 49.6 Å². The molecule has 0 bridgehead atoms. The molecule has 1 aliphatic carbocycles. The number of carbonyl (C=O) groups is 1. The van der Waals surface area contributed by atoms with Crippen molar-refractivity contribution >= 4 is 15.9 Å². The van der Waals surface area contributed by atoms with Crippen molar-refractivity contribution in [3.8, 4) is 5.75 Å². The third-order valence-electron chi connectivity index (χ3n) is 8.35. The van der Waals surface area contributed by atoms with Crippen LogP contribution in [0.4, 0.5) is 0 Å². The Labute approximate surface area is 246 Å². The summed E-state index contributed by atoms with van der Waals surface area (Å²) in [6, 6.07) is 15.8. The number of sulfonamides is 1. The zero-order chi connectivity index (χ0) is 29.6. The molecule has 1 saturated carbocycles. The van der Waals surface area contributed by atoms with Crippen LogP contribution in [0.25, 0.3) is 0 Å². The van der Waals surface area contributed by atoms with E-state index < -0.39 is 16.1 Å². The quantitative estimate of drug-likeness (QED) is 0.412. The van der Waals surface area contributed by atoms with Gasteiger partial charge in [-0.3, -0.25) is 9.69 Å². The summed E-state index contributed by atoms with van der Waals surface area (Å²) in [5.41, 5.74) is 0.668. The maximum absolute atomic E-state index is 13.8. The van der Waals surface area contributed by atoms with E-state index in [1.807, 2.05) is 51.1 Å². The molecular formula is C32H47N3O5S. The zero-order valence-corrected chi connectivity index (χ0v) is 25.8. The average molecular weight is 586 g/mol. The van der Waals surface area contributed by atoms with Gasteiger partial charge in [0.2, 0.25) is 15.9 Å². The standard InChI is InChI=1S/C32H47N3O5S/c1-32(2,3)33-31(37)30-20-25-12-8-9-13-26(25)21-34(30)22-27(36)23-35(19-18-24-10-6-5-7-11-24)41(38,39)29-16-14-28(40-4)15-17-29/h5-7,10-11,14-17,25-27,30,36H,8-9,12-13,18-23H2,1-4H3,(H,33,37)/t25-,26+,27+,30-/m0/s1. The number of carbonyl (C=O) groups excluding carboxylic acids is 1. The molecule has 2 N–H and O–H groups in total. The minimum atomic E-state index is -3.89. The Morgan fingerprint density at radius 2 is 1.73 bits per heavy atom. The van der Waals surface area contributed by atoms with Gasteiger partial charge in [-0.2, -0.15) is 4.31 Å². The fraction of sp³-hybridized carbons (Fsp3) is 0.594. The van der Waals surface area contributed by atoms with Crippen LogP contribution in [0.5, 0.6) is 5.75 Å². The van der Waals surface area contributed by atoms with Crippen LogP contribution in [-0.2, 0) is 21.2 Å². The number of ether oxygens (including phenoxy) is 1. The molecule has 8 nitrogen and oxygen atoms in total. The van der Waals surface area contributed by atoms with Gasteiger partial charge in [-0.25, -0.2) is 8.42 Å². The van der Waals surface area contributed by atoms with Crippen LogP contribution in [0.3, 0.4) is 0 Å². The number of amides is 1. The van der Waals surface area contributed by atoms with Crippen molar-refractivity contribution in [2.75, 3.05) is 33.3 Å². The molecule has 4 rings (SSSR count). The van der Waals surface area contributed by atoms with Crippen LogP contribution >= 0.6 is 0 Å². The number of rotatable bonds is 11. The van der Waals surface area contributed by atoms with E-state index >= 15 is 0 Å². The third kappa shape index (κ3) is 8.53. The van der Waals surface area contributed by atoms with Gasteiger partial charge in [-0.05, 0) is 81.7 Å². The van der Waals surface area contributed by atoms with Crippen molar-refractivity contribution < 1.29 is 23.1 Å². The minimum absolute atomic E-state index is 0.0134. The predicted octanol–water partition coefficient (Wildman–Crippen LogP) is 4.08. The molecule has 2 aromatic carbocycles. The number of nitrogens with zero attached hydrogens (tertiary/aromatic N) is 2. The molecule has 1 saturated heterocycles. The molecule has 2 aromatic rings. The average Bonchev–Trinajstić information content (AvgIpc) is 2.94. The molecular weight excluding hydrogens is 538 g/mol. The second kappa shape index (κ2) is 13.7. The van der Waals surface area contributed by atoms with Crippen molar-refractivity contribution in [1.82, 2.24) is 14.5 Å². The van der Waals surface area contributed by atoms with Crippen LogP contribution in [0, 0.1) is 11.8 Å². The second-order valence-electron chi connectivity index (χ2n) is 12.7. The Bertz CT molecular complexity index is 1230. The lowest BCUT2D eigenvalue weighted by Gasteiger charge is -2.46. The molecule has 0 radical (unpaired) electrons. The highest BCUT2D eigenvalue weighted by Crippen LogP contribution is 2.39. The van der Waals surface area contributed by atoms with Crippen molar-refractivity contribution in [2.24, 2.45) is 11.8 Å². The van der Waals surface area contributed by atoms with E-state index in [-0.39, 0.29) is 42.0 Å². The highest BCUT2D eigenvalue weighted by atomic mass is 32.2. The molecule has 226 valence electrons. The lowest BCUT2D eigenvalue weighted by atomic mass is 9.72. The van der Waals surface area contributed by atoms with Gasteiger partial charge in [0.05, 0.1) is 24.2 Å². The number of piperidine rings is 1. The third-order valence-corrected chi connectivity index (χ3v) is 10.2. The Balaban J connectivity index is 1.53. The fourth-order valence-corrected chi connectivity index (χ4v) is 7.77. The number of methoxy groups -OCH3 is 1. The summed E-state index contributed by atoms with van der Waals surface area (Å²) < 4.78 is 34.2. The normalized spacial score (nSPS) is 22.6. The zero-order valence-electron chi connectivity index (χ0n) is 25.0. The Morgan fingerprint density at radius 3 is 2.37 bits per heavy atom. The molecule has 9 heteroatoms. The minimum Gasteiger partial charge on any atom is -0.497 e. The Kier molecular flexibility index (Phi) is 10.5. The number of aliphatic hydroxyl groups is 1. The molecule has 0 unspecified atom stereocenters. The van der Waals surface area contributed by atoms with Gasteiger partial charge >= 0.3 is 0 Å². The highest BCUT2D eigenvalue weighted by molar-refractivity contribution is 7.89. The summed E-state index contributed by atoms with van der Waals surface area (Å²) in [7, 11) is -2.35. The van der Waals surface area contributed by atoms with Gasteiger partial charge in [0.1, 0.15) is 5.75 Å². The molecule has 41 heavy (non-hydrogen) atoms. The summed E-state index contributed by atoms with van der Waals surface area (Å²) >= 11 is 0. The highest BCUT2D eigenvalue weighted by Gasteiger charge is 2.41. The SMILES string of the molecule is COc1ccc(S(=O)(=O)N(CCc2ccccc2)C[C@H](O)CN2C[C@H]3CCCC[C@H]3C[C@H]2C(=O)NC(C)(C)C)cc1. The first-order chi connectivity index (χ1) is 19.5. The maximum atomic E-state index is 13.8.